The quantitative estimate of drug-likeness (QED) is 0.0270. The van der Waals surface area contributed by atoms with Crippen molar-refractivity contribution in [2.75, 3.05) is 92.3 Å². The summed E-state index contributed by atoms with van der Waals surface area (Å²) in [6.45, 7) is 4.36. The fraction of sp³-hybridized carbons (Fsp3) is 0.194. The minimum absolute atomic E-state index is 0.00152. The van der Waals surface area contributed by atoms with Crippen LogP contribution in [0.15, 0.2) is 214 Å². The van der Waals surface area contributed by atoms with E-state index >= 15 is 0 Å². The van der Waals surface area contributed by atoms with Gasteiger partial charge in [0.15, 0.2) is 23.3 Å². The summed E-state index contributed by atoms with van der Waals surface area (Å²) in [6.07, 6.45) is 12.0. The highest BCUT2D eigenvalue weighted by molar-refractivity contribution is 7.90. The Labute approximate surface area is 708 Å². The maximum Gasteiger partial charge on any atom is 0.248 e. The smallest absolute Gasteiger partial charge is 0.248 e. The predicted octanol–water partition coefficient (Wildman–Crippen LogP) is 5.35. The van der Waals surface area contributed by atoms with E-state index in [0.29, 0.717) is 94.9 Å². The highest BCUT2D eigenvalue weighted by Crippen LogP contribution is 2.28. The number of nitrogens with zero attached hydrogens (tertiary/aromatic N) is 20. The lowest BCUT2D eigenvalue weighted by molar-refractivity contribution is 0.190. The molecule has 0 radical (unpaired) electrons. The number of rotatable bonds is 30. The maximum absolute atomic E-state index is 11.4. The number of methoxy groups -OCH3 is 1. The Morgan fingerprint density at radius 2 is 0.772 bits per heavy atom. The molecule has 9 heterocycles. The van der Waals surface area contributed by atoms with Crippen molar-refractivity contribution >= 4 is 145 Å². The minimum atomic E-state index is -3.77. The van der Waals surface area contributed by atoms with E-state index in [4.69, 9.17) is 54.0 Å². The molecule has 0 spiro atoms. The predicted molar refractivity (Wildman–Crippen MR) is 463 cm³/mol. The lowest BCUT2D eigenvalue weighted by Crippen LogP contribution is -2.21. The van der Waals surface area contributed by atoms with Gasteiger partial charge in [0, 0.05) is 78.1 Å². The zero-order chi connectivity index (χ0) is 87.4. The van der Waals surface area contributed by atoms with Gasteiger partial charge in [0.2, 0.25) is 87.7 Å². The lowest BCUT2D eigenvalue weighted by Gasteiger charge is -2.21. The van der Waals surface area contributed by atoms with E-state index in [-0.39, 0.29) is 79.3 Å². The SMILES string of the molecule is COCC(C)Nc1cc(-n2nc(Nc3ccc(S(N)(=O)=O)cc3)nc2N)ncn1.NC[C@@H](Nc1cc(-n2nc(Nc3ccc(S(N)(=O)=O)cc3)nc2N)ncn1)c1ccccc1.Nc1nc(Nc2ccc(S(N)(=O)=O)cc2)nn1-c1cc(NCC2CCCCC2)ncn1.Nc1nc(Nc2ccc(S(N)(=O)=O)cc2)nn1-c1cc(NCc2cccs2)ncn1. The Morgan fingerprint density at radius 3 is 1.11 bits per heavy atom. The van der Waals surface area contributed by atoms with Crippen LogP contribution < -0.4 is 91.8 Å². The molecule has 9 aromatic heterocycles. The van der Waals surface area contributed by atoms with Crippen LogP contribution in [-0.4, -0.2) is 165 Å². The van der Waals surface area contributed by atoms with Crippen molar-refractivity contribution in [2.45, 2.75) is 77.2 Å². The molecule has 123 heavy (non-hydrogen) atoms. The van der Waals surface area contributed by atoms with Crippen LogP contribution in [0.1, 0.15) is 55.5 Å². The first-order valence-corrected chi connectivity index (χ1v) is 44.0. The van der Waals surface area contributed by atoms with Crippen molar-refractivity contribution in [3.8, 4) is 23.3 Å². The second-order valence-electron chi connectivity index (χ2n) is 26.8. The van der Waals surface area contributed by atoms with Gasteiger partial charge in [-0.15, -0.1) is 31.7 Å². The highest BCUT2D eigenvalue weighted by Gasteiger charge is 2.21. The van der Waals surface area contributed by atoms with Crippen LogP contribution >= 0.6 is 11.3 Å². The molecule has 642 valence electrons. The van der Waals surface area contributed by atoms with Crippen LogP contribution in [0.2, 0.25) is 0 Å². The summed E-state index contributed by atoms with van der Waals surface area (Å²) in [5.41, 5.74) is 33.2. The Bertz CT molecular complexity index is 6350. The van der Waals surface area contributed by atoms with Crippen molar-refractivity contribution in [3.63, 3.8) is 0 Å². The van der Waals surface area contributed by atoms with E-state index in [2.05, 4.69) is 123 Å². The number of aromatic nitrogens is 20. The average Bonchev–Trinajstić information content (AvgIpc) is 1.70. The van der Waals surface area contributed by atoms with Gasteiger partial charge in [-0.1, -0.05) is 55.7 Å². The molecule has 5 aromatic carbocycles. The molecule has 0 amide bonds. The number of ether oxygens (including phenoxy) is 1. The Morgan fingerprint density at radius 1 is 0.431 bits per heavy atom. The number of nitrogens with two attached hydrogens (primary N) is 9. The van der Waals surface area contributed by atoms with Crippen molar-refractivity contribution in [1.82, 2.24) is 98.9 Å². The molecule has 1 fully saturated rings. The fourth-order valence-electron chi connectivity index (χ4n) is 11.7. The second kappa shape index (κ2) is 39.8. The third-order valence-corrected chi connectivity index (χ3v) is 22.2. The fourth-order valence-corrected chi connectivity index (χ4v) is 14.4. The van der Waals surface area contributed by atoms with E-state index in [0.717, 1.165) is 12.1 Å². The Kier molecular flexibility index (Phi) is 28.5. The topological polar surface area (TPSA) is 702 Å². The number of sulfonamides is 4. The van der Waals surface area contributed by atoms with Gasteiger partial charge in [-0.25, -0.2) is 94.1 Å². The molecular weight excluding hydrogens is 1690 g/mol. The molecule has 51 heteroatoms. The summed E-state index contributed by atoms with van der Waals surface area (Å²) in [7, 11) is -13.4. The molecule has 46 nitrogen and oxygen atoms in total. The zero-order valence-electron chi connectivity index (χ0n) is 65.4. The molecule has 15 rings (SSSR count). The highest BCUT2D eigenvalue weighted by atomic mass is 32.2. The van der Waals surface area contributed by atoms with Crippen molar-refractivity contribution < 1.29 is 38.4 Å². The largest absolute Gasteiger partial charge is 0.383 e. The Hall–Kier alpha value is -14.2. The number of thiophene rings is 1. The standard InChI is InChI=1S/C20H22N10O2S.C19H25N9O2S.C17H17N9O2S2.C16H21N9O3S/c21-11-16(13-4-2-1-3-5-13)27-17-10-18(25-12-24-17)30-19(22)28-20(29-30)26-14-6-8-15(9-7-14)33(23,31)32;20-18-26-19(25-14-6-8-15(9-7-14)31(21,29)30)27-28(18)17-10-16(23-12-24-17)22-11-13-4-2-1-3-5-13;18-16-24-17(23-11-3-5-13(6-4-11)30(19,27)28)25-26(16)15-8-14(21-10-22-15)20-9-12-2-1-7-29-12;1-10(8-28-2)21-13-7-14(20-9-19-13)25-15(17)23-16(24-25)22-11-3-5-12(6-4-11)29(18,26)27/h1-10,12,16H,11,21H2,(H2,23,31,32)(H,24,25,27)(H3,22,26,28,29);6-10,12-13H,1-5,11H2,(H2,21,29,30)(H,22,23,24)(H3,20,25,26,27);1-8,10H,9H2,(H2,19,27,28)(H,20,21,22)(H3,18,23,24,25);3-7,9-10H,8H2,1-2H3,(H2,18,26,27)(H,19,20,21)(H3,17,22,23,24)/t16-;;;/m1.../s1. The van der Waals surface area contributed by atoms with E-state index in [1.165, 1.54) is 130 Å². The zero-order valence-corrected chi connectivity index (χ0v) is 69.5. The molecular formula is C72H85N37O9S5. The van der Waals surface area contributed by atoms with Gasteiger partial charge >= 0.3 is 0 Å². The van der Waals surface area contributed by atoms with Crippen molar-refractivity contribution in [2.24, 2.45) is 32.2 Å². The summed E-state index contributed by atoms with van der Waals surface area (Å²) in [6, 6.07) is 44.0. The van der Waals surface area contributed by atoms with Gasteiger partial charge in [0.25, 0.3) is 0 Å². The number of primary sulfonamides is 4. The van der Waals surface area contributed by atoms with Gasteiger partial charge in [-0.05, 0) is 140 Å². The molecule has 2 atom stereocenters. The van der Waals surface area contributed by atoms with E-state index < -0.39 is 40.1 Å². The van der Waals surface area contributed by atoms with Crippen LogP contribution in [0.4, 0.5) is 93.6 Å². The van der Waals surface area contributed by atoms with Crippen LogP contribution in [0.25, 0.3) is 23.3 Å². The number of nitrogens with one attached hydrogen (secondary N) is 8. The van der Waals surface area contributed by atoms with Crippen molar-refractivity contribution in [3.05, 3.63) is 205 Å². The van der Waals surface area contributed by atoms with Crippen LogP contribution in [0, 0.1) is 5.92 Å². The first-order valence-electron chi connectivity index (χ1n) is 36.9. The molecule has 14 aromatic rings. The van der Waals surface area contributed by atoms with E-state index in [1.54, 1.807) is 91.2 Å². The number of hydrogen-bond acceptors (Lipinski definition) is 39. The molecule has 0 saturated heterocycles. The molecule has 0 aliphatic heterocycles. The summed E-state index contributed by atoms with van der Waals surface area (Å²) in [5.74, 6) is 6.27. The van der Waals surface area contributed by atoms with Crippen LogP contribution in [0.5, 0.6) is 0 Å². The molecule has 0 bridgehead atoms. The molecule has 1 aliphatic rings. The number of anilines is 16. The first kappa shape index (κ1) is 88.1. The molecule has 1 saturated carbocycles. The summed E-state index contributed by atoms with van der Waals surface area (Å²) in [4.78, 5) is 51.6. The summed E-state index contributed by atoms with van der Waals surface area (Å²) >= 11 is 1.65. The molecule has 1 unspecified atom stereocenters. The lowest BCUT2D eigenvalue weighted by atomic mass is 9.89. The van der Waals surface area contributed by atoms with Gasteiger partial charge < -0.3 is 75.9 Å². The normalized spacial score (nSPS) is 12.8. The van der Waals surface area contributed by atoms with Gasteiger partial charge in [0.1, 0.15) is 48.6 Å². The number of benzene rings is 5. The summed E-state index contributed by atoms with van der Waals surface area (Å²) < 4.78 is 101. The molecule has 26 N–H and O–H groups in total. The minimum Gasteiger partial charge on any atom is -0.383 e. The third kappa shape index (κ3) is 25.0. The van der Waals surface area contributed by atoms with E-state index in [1.807, 2.05) is 54.8 Å². The monoisotopic (exact) mass is 1770 g/mol. The maximum atomic E-state index is 11.4. The molecule has 1 aliphatic carbocycles. The third-order valence-electron chi connectivity index (χ3n) is 17.7. The van der Waals surface area contributed by atoms with Gasteiger partial charge in [-0.3, -0.25) is 0 Å². The van der Waals surface area contributed by atoms with E-state index in [9.17, 15) is 33.7 Å². The van der Waals surface area contributed by atoms with Crippen LogP contribution in [0.3, 0.4) is 0 Å². The average molecular weight is 1770 g/mol. The summed E-state index contributed by atoms with van der Waals surface area (Å²) in [5, 5.41) is 64.6. The van der Waals surface area contributed by atoms with Gasteiger partial charge in [-0.2, -0.15) is 38.7 Å². The second-order valence-corrected chi connectivity index (χ2v) is 34.1. The van der Waals surface area contributed by atoms with Crippen LogP contribution in [-0.2, 0) is 51.4 Å². The first-order chi connectivity index (χ1) is 58.8. The Balaban J connectivity index is 0.000000150. The van der Waals surface area contributed by atoms with Crippen molar-refractivity contribution in [1.29, 1.82) is 0 Å². The number of hydrogen-bond donors (Lipinski definition) is 17. The van der Waals surface area contributed by atoms with Gasteiger partial charge in [0.05, 0.1) is 38.8 Å². The number of nitrogen functional groups attached to an aromatic ring is 4.